The highest BCUT2D eigenvalue weighted by Gasteiger charge is 2.26. The molecule has 1 amide bonds. The van der Waals surface area contributed by atoms with Crippen molar-refractivity contribution in [2.24, 2.45) is 0 Å². The first-order chi connectivity index (χ1) is 10.4. The number of hydrogen-bond donors (Lipinski definition) is 1. The predicted molar refractivity (Wildman–Crippen MR) is 83.2 cm³/mol. The highest BCUT2D eigenvalue weighted by molar-refractivity contribution is 7.89. The summed E-state index contributed by atoms with van der Waals surface area (Å²) < 4.78 is 31.5. The molecule has 1 aliphatic heterocycles. The number of nitrogens with zero attached hydrogens (tertiary/aromatic N) is 1. The molecule has 0 unspecified atom stereocenters. The molecule has 0 aliphatic carbocycles. The lowest BCUT2D eigenvalue weighted by molar-refractivity contribution is 0.0730. The first-order valence-electron chi connectivity index (χ1n) is 7.44. The molecule has 7 heteroatoms. The number of sulfonamides is 1. The van der Waals surface area contributed by atoms with Gasteiger partial charge in [0.2, 0.25) is 10.0 Å². The largest absolute Gasteiger partial charge is 0.379 e. The fraction of sp³-hybridized carbons (Fsp3) is 0.533. The molecule has 0 bridgehead atoms. The quantitative estimate of drug-likeness (QED) is 0.883. The lowest BCUT2D eigenvalue weighted by Gasteiger charge is -2.26. The summed E-state index contributed by atoms with van der Waals surface area (Å²) in [4.78, 5) is 12.2. The molecule has 0 spiro atoms. The Kier molecular flexibility index (Phi) is 5.55. The molecule has 1 N–H and O–H groups in total. The maximum absolute atomic E-state index is 12.5. The smallest absolute Gasteiger partial charge is 0.251 e. The van der Waals surface area contributed by atoms with Crippen molar-refractivity contribution in [1.82, 2.24) is 9.62 Å². The Hall–Kier alpha value is -1.44. The van der Waals surface area contributed by atoms with Crippen LogP contribution in [0, 0.1) is 0 Å². The fourth-order valence-corrected chi connectivity index (χ4v) is 3.53. The van der Waals surface area contributed by atoms with E-state index in [9.17, 15) is 13.2 Å². The van der Waals surface area contributed by atoms with E-state index < -0.39 is 10.0 Å². The maximum Gasteiger partial charge on any atom is 0.251 e. The summed E-state index contributed by atoms with van der Waals surface area (Å²) in [7, 11) is -3.51. The second-order valence-electron chi connectivity index (χ2n) is 5.32. The Morgan fingerprint density at radius 2 is 1.86 bits per heavy atom. The Labute approximate surface area is 131 Å². The molecule has 1 aromatic rings. The van der Waals surface area contributed by atoms with Crippen LogP contribution in [0.15, 0.2) is 29.2 Å². The maximum atomic E-state index is 12.5. The van der Waals surface area contributed by atoms with Gasteiger partial charge in [0.05, 0.1) is 18.1 Å². The number of benzene rings is 1. The van der Waals surface area contributed by atoms with Gasteiger partial charge in [0.15, 0.2) is 0 Å². The van der Waals surface area contributed by atoms with E-state index in [0.717, 1.165) is 6.42 Å². The van der Waals surface area contributed by atoms with Crippen LogP contribution in [0.25, 0.3) is 0 Å². The Bertz CT molecular complexity index is 607. The van der Waals surface area contributed by atoms with E-state index in [1.165, 1.54) is 16.4 Å². The molecular formula is C15H22N2O4S. The molecule has 122 valence electrons. The Morgan fingerprint density at radius 3 is 2.41 bits per heavy atom. The summed E-state index contributed by atoms with van der Waals surface area (Å²) in [6.45, 7) is 5.46. The molecule has 6 nitrogen and oxygen atoms in total. The SMILES string of the molecule is CC[C@H](C)NC(=O)c1ccc(S(=O)(=O)N2CCOCC2)cc1. The lowest BCUT2D eigenvalue weighted by Crippen LogP contribution is -2.40. The van der Waals surface area contributed by atoms with Crippen LogP contribution in [-0.2, 0) is 14.8 Å². The lowest BCUT2D eigenvalue weighted by atomic mass is 10.2. The summed E-state index contributed by atoms with van der Waals surface area (Å²) >= 11 is 0. The van der Waals surface area contributed by atoms with E-state index in [0.29, 0.717) is 31.9 Å². The molecule has 1 aliphatic rings. The zero-order valence-corrected chi connectivity index (χ0v) is 13.7. The second-order valence-corrected chi connectivity index (χ2v) is 7.26. The van der Waals surface area contributed by atoms with Crippen LogP contribution in [0.4, 0.5) is 0 Å². The van der Waals surface area contributed by atoms with E-state index in [-0.39, 0.29) is 16.8 Å². The van der Waals surface area contributed by atoms with Gasteiger partial charge in [-0.25, -0.2) is 8.42 Å². The standard InChI is InChI=1S/C15H22N2O4S/c1-3-12(2)16-15(18)13-4-6-14(7-5-13)22(19,20)17-8-10-21-11-9-17/h4-7,12H,3,8-11H2,1-2H3,(H,16,18)/t12-/m0/s1. The zero-order chi connectivity index (χ0) is 16.2. The van der Waals surface area contributed by atoms with Crippen LogP contribution < -0.4 is 5.32 Å². The van der Waals surface area contributed by atoms with Crippen molar-refractivity contribution in [1.29, 1.82) is 0 Å². The van der Waals surface area contributed by atoms with E-state index >= 15 is 0 Å². The average molecular weight is 326 g/mol. The molecule has 2 rings (SSSR count). The van der Waals surface area contributed by atoms with Gasteiger partial charge in [-0.2, -0.15) is 4.31 Å². The molecule has 1 heterocycles. The van der Waals surface area contributed by atoms with Gasteiger partial charge in [0.1, 0.15) is 0 Å². The number of carbonyl (C=O) groups is 1. The average Bonchev–Trinajstić information content (AvgIpc) is 2.55. The van der Waals surface area contributed by atoms with Crippen molar-refractivity contribution < 1.29 is 17.9 Å². The van der Waals surface area contributed by atoms with Crippen LogP contribution in [0.2, 0.25) is 0 Å². The number of morpholine rings is 1. The first-order valence-corrected chi connectivity index (χ1v) is 8.88. The summed E-state index contributed by atoms with van der Waals surface area (Å²) in [6, 6.07) is 6.15. The van der Waals surface area contributed by atoms with Crippen molar-refractivity contribution in [2.75, 3.05) is 26.3 Å². The molecular weight excluding hydrogens is 304 g/mol. The van der Waals surface area contributed by atoms with Crippen molar-refractivity contribution >= 4 is 15.9 Å². The van der Waals surface area contributed by atoms with Crippen LogP contribution in [0.5, 0.6) is 0 Å². The van der Waals surface area contributed by atoms with E-state index in [2.05, 4.69) is 5.32 Å². The highest BCUT2D eigenvalue weighted by Crippen LogP contribution is 2.17. The molecule has 0 saturated carbocycles. The number of nitrogens with one attached hydrogen (secondary N) is 1. The van der Waals surface area contributed by atoms with Crippen LogP contribution in [0.3, 0.4) is 0 Å². The highest BCUT2D eigenvalue weighted by atomic mass is 32.2. The van der Waals surface area contributed by atoms with Gasteiger partial charge in [0.25, 0.3) is 5.91 Å². The molecule has 1 saturated heterocycles. The van der Waals surface area contributed by atoms with Crippen molar-refractivity contribution in [3.63, 3.8) is 0 Å². The van der Waals surface area contributed by atoms with Crippen LogP contribution in [-0.4, -0.2) is 51.0 Å². The molecule has 0 radical (unpaired) electrons. The summed E-state index contributed by atoms with van der Waals surface area (Å²) in [5.74, 6) is -0.190. The van der Waals surface area contributed by atoms with Gasteiger partial charge in [-0.05, 0) is 37.6 Å². The molecule has 1 atom stereocenters. The van der Waals surface area contributed by atoms with Crippen molar-refractivity contribution in [3.05, 3.63) is 29.8 Å². The Morgan fingerprint density at radius 1 is 1.27 bits per heavy atom. The Balaban J connectivity index is 2.12. The molecule has 0 aromatic heterocycles. The number of amides is 1. The predicted octanol–water partition coefficient (Wildman–Crippen LogP) is 1.24. The second kappa shape index (κ2) is 7.21. The molecule has 1 fully saturated rings. The normalized spacial score (nSPS) is 17.9. The van der Waals surface area contributed by atoms with Crippen LogP contribution in [0.1, 0.15) is 30.6 Å². The number of carbonyl (C=O) groups excluding carboxylic acids is 1. The number of hydrogen-bond acceptors (Lipinski definition) is 4. The van der Waals surface area contributed by atoms with Gasteiger partial charge in [-0.15, -0.1) is 0 Å². The monoisotopic (exact) mass is 326 g/mol. The number of ether oxygens (including phenoxy) is 1. The minimum absolute atomic E-state index is 0.0873. The zero-order valence-electron chi connectivity index (χ0n) is 12.9. The molecule has 1 aromatic carbocycles. The van der Waals surface area contributed by atoms with Gasteiger partial charge in [0, 0.05) is 24.7 Å². The van der Waals surface area contributed by atoms with E-state index in [4.69, 9.17) is 4.74 Å². The van der Waals surface area contributed by atoms with E-state index in [1.807, 2.05) is 13.8 Å². The van der Waals surface area contributed by atoms with Gasteiger partial charge in [-0.3, -0.25) is 4.79 Å². The van der Waals surface area contributed by atoms with Crippen LogP contribution >= 0.6 is 0 Å². The first kappa shape index (κ1) is 16.9. The van der Waals surface area contributed by atoms with E-state index in [1.54, 1.807) is 12.1 Å². The summed E-state index contributed by atoms with van der Waals surface area (Å²) in [5.41, 5.74) is 0.459. The van der Waals surface area contributed by atoms with Crippen molar-refractivity contribution in [2.45, 2.75) is 31.2 Å². The number of rotatable bonds is 5. The molecule has 22 heavy (non-hydrogen) atoms. The third-order valence-corrected chi connectivity index (χ3v) is 5.63. The summed E-state index contributed by atoms with van der Waals surface area (Å²) in [5, 5.41) is 2.85. The fourth-order valence-electron chi connectivity index (χ4n) is 2.12. The minimum Gasteiger partial charge on any atom is -0.379 e. The third-order valence-electron chi connectivity index (χ3n) is 3.71. The van der Waals surface area contributed by atoms with Crippen molar-refractivity contribution in [3.8, 4) is 0 Å². The van der Waals surface area contributed by atoms with Gasteiger partial charge < -0.3 is 10.1 Å². The summed E-state index contributed by atoms with van der Waals surface area (Å²) in [6.07, 6.45) is 0.842. The van der Waals surface area contributed by atoms with Gasteiger partial charge >= 0.3 is 0 Å². The third kappa shape index (κ3) is 3.85. The minimum atomic E-state index is -3.51. The topological polar surface area (TPSA) is 75.7 Å². The van der Waals surface area contributed by atoms with Gasteiger partial charge in [-0.1, -0.05) is 6.92 Å².